The number of guanidine groups is 1. The molecule has 24 heavy (non-hydrogen) atoms. The first-order chi connectivity index (χ1) is 11.5. The molecule has 0 aliphatic carbocycles. The molecule has 2 rings (SSSR count). The number of aryl methyl sites for hydroxylation is 2. The minimum absolute atomic E-state index is 0.0721. The summed E-state index contributed by atoms with van der Waals surface area (Å²) in [5.74, 6) is 0.975. The highest BCUT2D eigenvalue weighted by Crippen LogP contribution is 2.24. The van der Waals surface area contributed by atoms with Crippen LogP contribution in [0.2, 0.25) is 0 Å². The van der Waals surface area contributed by atoms with Gasteiger partial charge in [0.05, 0.1) is 18.0 Å². The van der Waals surface area contributed by atoms with E-state index in [4.69, 9.17) is 9.73 Å². The molecule has 134 valence electrons. The fourth-order valence-electron chi connectivity index (χ4n) is 2.96. The summed E-state index contributed by atoms with van der Waals surface area (Å²) in [6, 6.07) is 0. The number of aromatic nitrogens is 1. The van der Waals surface area contributed by atoms with Gasteiger partial charge in [0.1, 0.15) is 0 Å². The van der Waals surface area contributed by atoms with Crippen LogP contribution in [0.25, 0.3) is 0 Å². The number of hydrogen-bond donors (Lipinski definition) is 1. The van der Waals surface area contributed by atoms with E-state index in [9.17, 15) is 4.79 Å². The molecule has 2 heterocycles. The van der Waals surface area contributed by atoms with E-state index in [-0.39, 0.29) is 17.8 Å². The van der Waals surface area contributed by atoms with E-state index >= 15 is 0 Å². The van der Waals surface area contributed by atoms with Gasteiger partial charge in [-0.2, -0.15) is 0 Å². The predicted molar refractivity (Wildman–Crippen MR) is 97.4 cm³/mol. The molecular weight excluding hydrogens is 324 g/mol. The highest BCUT2D eigenvalue weighted by Gasteiger charge is 2.36. The van der Waals surface area contributed by atoms with Crippen molar-refractivity contribution in [2.45, 2.75) is 33.6 Å². The van der Waals surface area contributed by atoms with E-state index < -0.39 is 0 Å². The molecule has 1 aliphatic heterocycles. The maximum atomic E-state index is 11.9. The zero-order chi connectivity index (χ0) is 17.5. The van der Waals surface area contributed by atoms with E-state index in [0.29, 0.717) is 6.54 Å². The van der Waals surface area contributed by atoms with Gasteiger partial charge >= 0.3 is 5.97 Å². The second kappa shape index (κ2) is 9.01. The minimum Gasteiger partial charge on any atom is -0.469 e. The number of nitrogens with one attached hydrogen (secondary N) is 1. The third-order valence-corrected chi connectivity index (χ3v) is 5.25. The van der Waals surface area contributed by atoms with Crippen molar-refractivity contribution in [3.63, 3.8) is 0 Å². The largest absolute Gasteiger partial charge is 0.469 e. The maximum absolute atomic E-state index is 11.9. The molecule has 0 aromatic carbocycles. The van der Waals surface area contributed by atoms with E-state index in [0.717, 1.165) is 44.1 Å². The monoisotopic (exact) mass is 352 g/mol. The third kappa shape index (κ3) is 4.93. The number of likely N-dealkylation sites (tertiary alicyclic amines) is 1. The SMILES string of the molecule is CCNC(=NCCCc1nc(C)cs1)N1CC(C)C(C(=O)OC)C1. The summed E-state index contributed by atoms with van der Waals surface area (Å²) >= 11 is 1.71. The Balaban J connectivity index is 1.89. The Morgan fingerprint density at radius 2 is 2.33 bits per heavy atom. The second-order valence-corrected chi connectivity index (χ2v) is 7.18. The molecular formula is C17H28N4O2S. The van der Waals surface area contributed by atoms with Crippen LogP contribution in [0.4, 0.5) is 0 Å². The second-order valence-electron chi connectivity index (χ2n) is 6.23. The summed E-state index contributed by atoms with van der Waals surface area (Å²) in [6.07, 6.45) is 1.94. The number of rotatable bonds is 6. The quantitative estimate of drug-likeness (QED) is 0.367. The first-order valence-corrected chi connectivity index (χ1v) is 9.45. The lowest BCUT2D eigenvalue weighted by molar-refractivity contribution is -0.145. The summed E-state index contributed by atoms with van der Waals surface area (Å²) in [4.78, 5) is 23.2. The van der Waals surface area contributed by atoms with E-state index in [1.807, 2.05) is 6.92 Å². The number of aliphatic imine (C=N–C) groups is 1. The number of nitrogens with zero attached hydrogens (tertiary/aromatic N) is 3. The van der Waals surface area contributed by atoms with Crippen LogP contribution in [0.1, 0.15) is 31.0 Å². The molecule has 1 saturated heterocycles. The molecule has 1 aliphatic rings. The van der Waals surface area contributed by atoms with Crippen molar-refractivity contribution >= 4 is 23.3 Å². The Kier molecular flexibility index (Phi) is 7.02. The molecule has 7 heteroatoms. The van der Waals surface area contributed by atoms with Crippen molar-refractivity contribution in [3.8, 4) is 0 Å². The van der Waals surface area contributed by atoms with Crippen LogP contribution >= 0.6 is 11.3 Å². The fourth-order valence-corrected chi connectivity index (χ4v) is 3.77. The molecule has 2 atom stereocenters. The fraction of sp³-hybridized carbons (Fsp3) is 0.706. The van der Waals surface area contributed by atoms with Gasteiger partial charge in [0.25, 0.3) is 0 Å². The number of carbonyl (C=O) groups is 1. The molecule has 6 nitrogen and oxygen atoms in total. The molecule has 0 saturated carbocycles. The average molecular weight is 353 g/mol. The van der Waals surface area contributed by atoms with Crippen molar-refractivity contribution in [1.29, 1.82) is 0 Å². The minimum atomic E-state index is -0.125. The molecule has 2 unspecified atom stereocenters. The maximum Gasteiger partial charge on any atom is 0.310 e. The highest BCUT2D eigenvalue weighted by molar-refractivity contribution is 7.09. The lowest BCUT2D eigenvalue weighted by atomic mass is 9.99. The van der Waals surface area contributed by atoms with Gasteiger partial charge in [-0.15, -0.1) is 11.3 Å². The average Bonchev–Trinajstić information content (AvgIpc) is 3.15. The van der Waals surface area contributed by atoms with Crippen LogP contribution < -0.4 is 5.32 Å². The number of methoxy groups -OCH3 is 1. The number of hydrogen-bond acceptors (Lipinski definition) is 5. The highest BCUT2D eigenvalue weighted by atomic mass is 32.1. The van der Waals surface area contributed by atoms with Crippen LogP contribution in [-0.2, 0) is 16.0 Å². The normalized spacial score (nSPS) is 21.2. The molecule has 1 aromatic heterocycles. The van der Waals surface area contributed by atoms with E-state index in [1.54, 1.807) is 11.3 Å². The third-order valence-electron chi connectivity index (χ3n) is 4.23. The molecule has 0 spiro atoms. The Morgan fingerprint density at radius 3 is 2.96 bits per heavy atom. The molecule has 0 radical (unpaired) electrons. The van der Waals surface area contributed by atoms with E-state index in [2.05, 4.69) is 34.4 Å². The molecule has 1 aromatic rings. The van der Waals surface area contributed by atoms with Crippen molar-refractivity contribution in [2.75, 3.05) is 33.3 Å². The molecule has 0 amide bonds. The lowest BCUT2D eigenvalue weighted by Crippen LogP contribution is -2.40. The molecule has 1 N–H and O–H groups in total. The van der Waals surface area contributed by atoms with Gasteiger partial charge in [-0.1, -0.05) is 6.92 Å². The zero-order valence-electron chi connectivity index (χ0n) is 15.0. The van der Waals surface area contributed by atoms with Gasteiger partial charge in [-0.05, 0) is 26.2 Å². The smallest absolute Gasteiger partial charge is 0.310 e. The number of esters is 1. The van der Waals surface area contributed by atoms with Crippen molar-refractivity contribution in [2.24, 2.45) is 16.8 Å². The number of ether oxygens (including phenoxy) is 1. The molecule has 0 bridgehead atoms. The van der Waals surface area contributed by atoms with Gasteiger partial charge in [0, 0.05) is 43.7 Å². The Labute approximate surface area is 148 Å². The summed E-state index contributed by atoms with van der Waals surface area (Å²) in [5, 5.41) is 6.60. The standard InChI is InChI=1S/C17H28N4O2S/c1-5-18-17(19-8-6-7-15-20-13(3)11-24-15)21-9-12(2)14(10-21)16(22)23-4/h11-12,14H,5-10H2,1-4H3,(H,18,19). The first kappa shape index (κ1) is 18.7. The van der Waals surface area contributed by atoms with Gasteiger partial charge in [-0.25, -0.2) is 4.98 Å². The van der Waals surface area contributed by atoms with Crippen molar-refractivity contribution in [3.05, 3.63) is 16.1 Å². The van der Waals surface area contributed by atoms with Gasteiger partial charge in [-0.3, -0.25) is 9.79 Å². The Bertz CT molecular complexity index is 573. The van der Waals surface area contributed by atoms with Crippen LogP contribution in [0, 0.1) is 18.8 Å². The molecule has 1 fully saturated rings. The number of thiazole rings is 1. The van der Waals surface area contributed by atoms with Crippen LogP contribution in [0.15, 0.2) is 10.4 Å². The van der Waals surface area contributed by atoms with E-state index in [1.165, 1.54) is 12.1 Å². The van der Waals surface area contributed by atoms with Crippen molar-refractivity contribution < 1.29 is 9.53 Å². The van der Waals surface area contributed by atoms with Gasteiger partial charge in [0.15, 0.2) is 5.96 Å². The van der Waals surface area contributed by atoms with Crippen LogP contribution in [-0.4, -0.2) is 55.1 Å². The van der Waals surface area contributed by atoms with Gasteiger partial charge < -0.3 is 15.0 Å². The predicted octanol–water partition coefficient (Wildman–Crippen LogP) is 2.09. The summed E-state index contributed by atoms with van der Waals surface area (Å²) in [5.41, 5.74) is 1.09. The lowest BCUT2D eigenvalue weighted by Gasteiger charge is -2.21. The topological polar surface area (TPSA) is 66.8 Å². The first-order valence-electron chi connectivity index (χ1n) is 8.57. The summed E-state index contributed by atoms with van der Waals surface area (Å²) in [6.45, 7) is 9.25. The van der Waals surface area contributed by atoms with Crippen molar-refractivity contribution in [1.82, 2.24) is 15.2 Å². The zero-order valence-corrected chi connectivity index (χ0v) is 15.9. The summed E-state index contributed by atoms with van der Waals surface area (Å²) < 4.78 is 4.91. The Morgan fingerprint density at radius 1 is 1.54 bits per heavy atom. The summed E-state index contributed by atoms with van der Waals surface area (Å²) in [7, 11) is 1.46. The Hall–Kier alpha value is -1.63. The number of carbonyl (C=O) groups excluding carboxylic acids is 1. The van der Waals surface area contributed by atoms with Crippen LogP contribution in [0.5, 0.6) is 0 Å². The van der Waals surface area contributed by atoms with Crippen LogP contribution in [0.3, 0.4) is 0 Å². The van der Waals surface area contributed by atoms with Gasteiger partial charge in [0.2, 0.25) is 0 Å².